The monoisotopic (exact) mass is 275 g/mol. The van der Waals surface area contributed by atoms with E-state index < -0.39 is 0 Å². The Hall–Kier alpha value is -1.75. The van der Waals surface area contributed by atoms with Crippen molar-refractivity contribution >= 4 is 17.6 Å². The van der Waals surface area contributed by atoms with E-state index in [-0.39, 0.29) is 0 Å². The summed E-state index contributed by atoms with van der Waals surface area (Å²) >= 11 is 1.61. The summed E-state index contributed by atoms with van der Waals surface area (Å²) in [6, 6.07) is 9.89. The molecule has 1 N–H and O–H groups in total. The van der Waals surface area contributed by atoms with Gasteiger partial charge in [0.05, 0.1) is 7.11 Å². The van der Waals surface area contributed by atoms with Crippen LogP contribution < -0.4 is 10.1 Å². The summed E-state index contributed by atoms with van der Waals surface area (Å²) in [5, 5.41) is 4.00. The smallest absolute Gasteiger partial charge is 0.131 e. The van der Waals surface area contributed by atoms with Crippen LogP contribution in [0.1, 0.15) is 12.7 Å². The van der Waals surface area contributed by atoms with Crippen molar-refractivity contribution in [2.45, 2.75) is 23.3 Å². The number of hydrogen-bond donors (Lipinski definition) is 1. The van der Waals surface area contributed by atoms with Gasteiger partial charge in [-0.15, -0.1) is 0 Å². The molecule has 1 heterocycles. The molecule has 0 saturated heterocycles. The van der Waals surface area contributed by atoms with E-state index in [1.165, 1.54) is 0 Å². The second-order valence-corrected chi connectivity index (χ2v) is 4.99. The Morgan fingerprint density at radius 3 is 2.79 bits per heavy atom. The van der Waals surface area contributed by atoms with Crippen molar-refractivity contribution in [2.24, 2.45) is 0 Å². The summed E-state index contributed by atoms with van der Waals surface area (Å²) in [4.78, 5) is 10.0. The number of ether oxygens (including phenoxy) is 1. The summed E-state index contributed by atoms with van der Waals surface area (Å²) in [7, 11) is 3.53. The SMILES string of the molecule is CCc1nc(NC)cc(Sc2cccc(OC)c2)n1. The molecule has 0 aliphatic rings. The summed E-state index contributed by atoms with van der Waals surface area (Å²) in [5.41, 5.74) is 0. The highest BCUT2D eigenvalue weighted by molar-refractivity contribution is 7.99. The van der Waals surface area contributed by atoms with Gasteiger partial charge >= 0.3 is 0 Å². The van der Waals surface area contributed by atoms with Crippen molar-refractivity contribution in [1.29, 1.82) is 0 Å². The highest BCUT2D eigenvalue weighted by Gasteiger charge is 2.05. The van der Waals surface area contributed by atoms with Crippen molar-refractivity contribution in [3.63, 3.8) is 0 Å². The number of aromatic nitrogens is 2. The highest BCUT2D eigenvalue weighted by Crippen LogP contribution is 2.29. The maximum atomic E-state index is 5.22. The molecule has 0 fully saturated rings. The van der Waals surface area contributed by atoms with Gasteiger partial charge in [0.1, 0.15) is 22.4 Å². The van der Waals surface area contributed by atoms with Gasteiger partial charge in [0.2, 0.25) is 0 Å². The molecule has 0 amide bonds. The van der Waals surface area contributed by atoms with Crippen molar-refractivity contribution < 1.29 is 4.74 Å². The van der Waals surface area contributed by atoms with Crippen LogP contribution in [-0.4, -0.2) is 24.1 Å². The van der Waals surface area contributed by atoms with Crippen molar-refractivity contribution in [1.82, 2.24) is 9.97 Å². The van der Waals surface area contributed by atoms with E-state index in [0.717, 1.165) is 33.7 Å². The molecule has 0 unspecified atom stereocenters. The van der Waals surface area contributed by atoms with E-state index in [1.54, 1.807) is 18.9 Å². The van der Waals surface area contributed by atoms with E-state index in [4.69, 9.17) is 4.74 Å². The first kappa shape index (κ1) is 13.7. The second-order valence-electron chi connectivity index (χ2n) is 3.89. The van der Waals surface area contributed by atoms with Gasteiger partial charge in [0, 0.05) is 24.4 Å². The molecule has 0 aliphatic carbocycles. The number of aryl methyl sites for hydroxylation is 1. The number of nitrogens with one attached hydrogen (secondary N) is 1. The largest absolute Gasteiger partial charge is 0.497 e. The summed E-state index contributed by atoms with van der Waals surface area (Å²) in [5.74, 6) is 2.54. The van der Waals surface area contributed by atoms with E-state index >= 15 is 0 Å². The van der Waals surface area contributed by atoms with Crippen LogP contribution in [-0.2, 0) is 6.42 Å². The molecular weight excluding hydrogens is 258 g/mol. The number of hydrogen-bond acceptors (Lipinski definition) is 5. The number of nitrogens with zero attached hydrogens (tertiary/aromatic N) is 2. The minimum atomic E-state index is 0.821. The van der Waals surface area contributed by atoms with Crippen LogP contribution in [0.15, 0.2) is 40.3 Å². The lowest BCUT2D eigenvalue weighted by Crippen LogP contribution is -2.00. The number of methoxy groups -OCH3 is 1. The molecule has 0 saturated carbocycles. The van der Waals surface area contributed by atoms with Crippen molar-refractivity contribution in [3.8, 4) is 5.75 Å². The molecule has 19 heavy (non-hydrogen) atoms. The fraction of sp³-hybridized carbons (Fsp3) is 0.286. The van der Waals surface area contributed by atoms with Crippen LogP contribution in [0, 0.1) is 0 Å². The van der Waals surface area contributed by atoms with E-state index in [1.807, 2.05) is 37.4 Å². The molecule has 0 atom stereocenters. The first-order valence-corrected chi connectivity index (χ1v) is 6.94. The van der Waals surface area contributed by atoms with Gasteiger partial charge in [-0.2, -0.15) is 0 Å². The molecule has 5 heteroatoms. The van der Waals surface area contributed by atoms with Gasteiger partial charge in [-0.3, -0.25) is 0 Å². The predicted molar refractivity (Wildman–Crippen MR) is 78.1 cm³/mol. The summed E-state index contributed by atoms with van der Waals surface area (Å²) < 4.78 is 5.22. The Bertz CT molecular complexity index is 538. The van der Waals surface area contributed by atoms with Gasteiger partial charge < -0.3 is 10.1 Å². The Kier molecular flexibility index (Phi) is 4.63. The van der Waals surface area contributed by atoms with E-state index in [9.17, 15) is 0 Å². The topological polar surface area (TPSA) is 47.0 Å². The fourth-order valence-corrected chi connectivity index (χ4v) is 2.48. The van der Waals surface area contributed by atoms with Crippen LogP contribution >= 0.6 is 11.8 Å². The molecule has 100 valence electrons. The quantitative estimate of drug-likeness (QED) is 0.849. The van der Waals surface area contributed by atoms with Crippen LogP contribution in [0.4, 0.5) is 5.82 Å². The fourth-order valence-electron chi connectivity index (χ4n) is 1.60. The molecule has 0 spiro atoms. The lowest BCUT2D eigenvalue weighted by molar-refractivity contribution is 0.413. The maximum absolute atomic E-state index is 5.22. The zero-order valence-corrected chi connectivity index (χ0v) is 12.1. The van der Waals surface area contributed by atoms with Crippen molar-refractivity contribution in [2.75, 3.05) is 19.5 Å². The van der Waals surface area contributed by atoms with Crippen LogP contribution in [0.2, 0.25) is 0 Å². The third-order valence-corrected chi connectivity index (χ3v) is 3.49. The average Bonchev–Trinajstić information content (AvgIpc) is 2.47. The first-order chi connectivity index (χ1) is 9.25. The zero-order valence-electron chi connectivity index (χ0n) is 11.3. The van der Waals surface area contributed by atoms with Gasteiger partial charge in [-0.25, -0.2) is 9.97 Å². The van der Waals surface area contributed by atoms with Gasteiger partial charge in [0.25, 0.3) is 0 Å². The predicted octanol–water partition coefficient (Wildman–Crippen LogP) is 3.24. The third-order valence-electron chi connectivity index (χ3n) is 2.58. The minimum absolute atomic E-state index is 0.821. The van der Waals surface area contributed by atoms with E-state index in [0.29, 0.717) is 0 Å². The highest BCUT2D eigenvalue weighted by atomic mass is 32.2. The van der Waals surface area contributed by atoms with Gasteiger partial charge in [-0.1, -0.05) is 24.8 Å². The molecule has 0 aliphatic heterocycles. The summed E-state index contributed by atoms with van der Waals surface area (Å²) in [6.45, 7) is 2.05. The molecule has 0 radical (unpaired) electrons. The average molecular weight is 275 g/mol. The van der Waals surface area contributed by atoms with Gasteiger partial charge in [-0.05, 0) is 18.2 Å². The molecule has 1 aromatic carbocycles. The van der Waals surface area contributed by atoms with Crippen LogP contribution in [0.3, 0.4) is 0 Å². The number of anilines is 1. The Balaban J connectivity index is 2.26. The maximum Gasteiger partial charge on any atom is 0.131 e. The summed E-state index contributed by atoms with van der Waals surface area (Å²) in [6.07, 6.45) is 0.821. The normalized spacial score (nSPS) is 10.3. The van der Waals surface area contributed by atoms with Gasteiger partial charge in [0.15, 0.2) is 0 Å². The minimum Gasteiger partial charge on any atom is -0.497 e. The molecule has 1 aromatic heterocycles. The Labute approximate surface area is 117 Å². The lowest BCUT2D eigenvalue weighted by atomic mass is 10.3. The Morgan fingerprint density at radius 1 is 1.26 bits per heavy atom. The zero-order chi connectivity index (χ0) is 13.7. The second kappa shape index (κ2) is 6.43. The standard InChI is InChI=1S/C14H17N3OS/c1-4-12-16-13(15-2)9-14(17-12)19-11-7-5-6-10(8-11)18-3/h5-9H,4H2,1-3H3,(H,15,16,17). The van der Waals surface area contributed by atoms with Crippen molar-refractivity contribution in [3.05, 3.63) is 36.2 Å². The lowest BCUT2D eigenvalue weighted by Gasteiger charge is -2.07. The number of benzene rings is 1. The van der Waals surface area contributed by atoms with Crippen LogP contribution in [0.25, 0.3) is 0 Å². The molecule has 2 aromatic rings. The molecule has 0 bridgehead atoms. The molecule has 4 nitrogen and oxygen atoms in total. The van der Waals surface area contributed by atoms with E-state index in [2.05, 4.69) is 22.2 Å². The third kappa shape index (κ3) is 3.61. The number of rotatable bonds is 5. The van der Waals surface area contributed by atoms with Crippen LogP contribution in [0.5, 0.6) is 5.75 Å². The molecule has 2 rings (SSSR count). The Morgan fingerprint density at radius 2 is 2.11 bits per heavy atom. The molecular formula is C14H17N3OS. The first-order valence-electron chi connectivity index (χ1n) is 6.12.